The van der Waals surface area contributed by atoms with Gasteiger partial charge >= 0.3 is 5.97 Å². The summed E-state index contributed by atoms with van der Waals surface area (Å²) in [6, 6.07) is 3.48. The summed E-state index contributed by atoms with van der Waals surface area (Å²) >= 11 is 0. The van der Waals surface area contributed by atoms with E-state index in [1.165, 1.54) is 12.8 Å². The first-order valence-corrected chi connectivity index (χ1v) is 15.2. The Morgan fingerprint density at radius 3 is 2.74 bits per heavy atom. The number of hydrogen-bond donors (Lipinski definition) is 3. The zero-order valence-electron chi connectivity index (χ0n) is 24.7. The molecule has 2 fully saturated rings. The van der Waals surface area contributed by atoms with Crippen LogP contribution in [0.1, 0.15) is 69.9 Å². The van der Waals surface area contributed by atoms with Crippen molar-refractivity contribution in [3.63, 3.8) is 0 Å². The van der Waals surface area contributed by atoms with Crippen molar-refractivity contribution >= 4 is 17.7 Å². The minimum atomic E-state index is -1.14. The average molecular weight is 583 g/mol. The van der Waals surface area contributed by atoms with Gasteiger partial charge in [-0.1, -0.05) is 6.07 Å². The van der Waals surface area contributed by atoms with Gasteiger partial charge in [-0.2, -0.15) is 0 Å². The highest BCUT2D eigenvalue weighted by atomic mass is 16.6. The lowest BCUT2D eigenvalue weighted by Crippen LogP contribution is -2.75. The first-order chi connectivity index (χ1) is 20.0. The summed E-state index contributed by atoms with van der Waals surface area (Å²) in [6.45, 7) is 5.84. The van der Waals surface area contributed by atoms with E-state index in [9.17, 15) is 24.6 Å². The second-order valence-electron chi connectivity index (χ2n) is 13.4. The predicted octanol–water partition coefficient (Wildman–Crippen LogP) is 2.52. The number of nitrogens with one attached hydrogen (secondary N) is 1. The van der Waals surface area contributed by atoms with E-state index in [1.54, 1.807) is 33.1 Å². The molecule has 2 aliphatic heterocycles. The lowest BCUT2D eigenvalue weighted by molar-refractivity contribution is -0.176. The second kappa shape index (κ2) is 10.6. The number of rotatable bonds is 12. The Labute approximate surface area is 246 Å². The van der Waals surface area contributed by atoms with Crippen molar-refractivity contribution in [2.24, 2.45) is 11.3 Å². The van der Waals surface area contributed by atoms with Crippen LogP contribution in [0, 0.1) is 11.3 Å². The number of carbonyl (C=O) groups is 3. The number of carbonyl (C=O) groups excluding carboxylic acids is 3. The summed E-state index contributed by atoms with van der Waals surface area (Å²) in [4.78, 5) is 40.7. The third-order valence-corrected chi connectivity index (χ3v) is 10.0. The van der Waals surface area contributed by atoms with Gasteiger partial charge in [-0.25, -0.2) is 0 Å². The number of aliphatic hydroxyl groups is 1. The molecule has 1 amide bonds. The van der Waals surface area contributed by atoms with Gasteiger partial charge in [-0.3, -0.25) is 19.3 Å². The Morgan fingerprint density at radius 2 is 2.00 bits per heavy atom. The lowest BCUT2D eigenvalue weighted by atomic mass is 9.50. The molecule has 3 aliphatic carbocycles. The van der Waals surface area contributed by atoms with Gasteiger partial charge in [0.15, 0.2) is 17.6 Å². The third kappa shape index (κ3) is 4.72. The van der Waals surface area contributed by atoms with Gasteiger partial charge < -0.3 is 29.7 Å². The molecule has 10 heteroatoms. The summed E-state index contributed by atoms with van der Waals surface area (Å²) in [5.41, 5.74) is -1.22. The molecule has 1 spiro atoms. The van der Waals surface area contributed by atoms with Gasteiger partial charge in [-0.05, 0) is 69.7 Å². The molecule has 6 rings (SSSR count). The molecular formula is C32H42N2O8. The first kappa shape index (κ1) is 29.1. The summed E-state index contributed by atoms with van der Waals surface area (Å²) in [6.07, 6.45) is 5.04. The van der Waals surface area contributed by atoms with Gasteiger partial charge in [0.1, 0.15) is 11.5 Å². The van der Waals surface area contributed by atoms with Gasteiger partial charge in [0, 0.05) is 57.5 Å². The summed E-state index contributed by atoms with van der Waals surface area (Å²) in [7, 11) is 1.54. The number of ketones is 1. The quantitative estimate of drug-likeness (QED) is 0.251. The van der Waals surface area contributed by atoms with E-state index in [0.717, 1.165) is 24.2 Å². The molecule has 0 unspecified atom stereocenters. The molecule has 1 aromatic rings. The molecule has 0 aromatic heterocycles. The van der Waals surface area contributed by atoms with Crippen molar-refractivity contribution in [3.8, 4) is 11.5 Å². The zero-order chi connectivity index (χ0) is 29.9. The highest BCUT2D eigenvalue weighted by Crippen LogP contribution is 2.65. The molecule has 2 heterocycles. The van der Waals surface area contributed by atoms with Crippen LogP contribution in [0.25, 0.3) is 0 Å². The normalized spacial score (nSPS) is 29.3. The molecule has 1 aromatic carbocycles. The van der Waals surface area contributed by atoms with Gasteiger partial charge in [0.05, 0.1) is 23.0 Å². The van der Waals surface area contributed by atoms with Gasteiger partial charge in [-0.15, -0.1) is 0 Å². The predicted molar refractivity (Wildman–Crippen MR) is 152 cm³/mol. The SMILES string of the molecule is COCCNC(=O)CCC(=O)CC(C)(C)C(=O)OC1=CC[C@@]2(O)[C@H]3Cc4ccc(O)c5c4[C@@]2(CCN3CC2CC2)[C@H]1O5. The van der Waals surface area contributed by atoms with Crippen molar-refractivity contribution in [1.82, 2.24) is 10.2 Å². The minimum Gasteiger partial charge on any atom is -0.504 e. The summed E-state index contributed by atoms with van der Waals surface area (Å²) in [5.74, 6) is 0.363. The Bertz CT molecular complexity index is 1320. The molecule has 1 saturated carbocycles. The number of esters is 1. The van der Waals surface area contributed by atoms with Gasteiger partial charge in [0.2, 0.25) is 5.91 Å². The van der Waals surface area contributed by atoms with Crippen molar-refractivity contribution < 1.29 is 38.8 Å². The average Bonchev–Trinajstić information content (AvgIpc) is 3.68. The van der Waals surface area contributed by atoms with Crippen molar-refractivity contribution in [1.29, 1.82) is 0 Å². The van der Waals surface area contributed by atoms with Crippen LogP contribution in [0.2, 0.25) is 0 Å². The van der Waals surface area contributed by atoms with E-state index < -0.39 is 28.5 Å². The van der Waals surface area contributed by atoms with Crippen LogP contribution >= 0.6 is 0 Å². The van der Waals surface area contributed by atoms with Crippen LogP contribution in [-0.2, 0) is 35.7 Å². The number of methoxy groups -OCH3 is 1. The van der Waals surface area contributed by atoms with Crippen LogP contribution in [-0.4, -0.2) is 83.9 Å². The Kier molecular flexibility index (Phi) is 7.38. The standard InChI is InChI=1S/C32H42N2O8/c1-30(2,17-21(35)7-9-25(37)33-13-15-40-3)29(38)41-23-10-11-32(39)24-16-20-6-8-22(36)27-26(20)31(32,28(23)42-27)12-14-34(24)18-19-4-5-19/h6,8,10,19,24,28,36,39H,4-5,7,9,11-18H2,1-3H3,(H,33,37)/t24-,28+,31+,32-/m1/s1. The molecule has 5 aliphatic rings. The Morgan fingerprint density at radius 1 is 1.21 bits per heavy atom. The maximum absolute atomic E-state index is 13.5. The second-order valence-corrected chi connectivity index (χ2v) is 13.4. The Hall–Kier alpha value is -2.95. The number of nitrogens with zero attached hydrogens (tertiary/aromatic N) is 1. The molecule has 1 saturated heterocycles. The topological polar surface area (TPSA) is 135 Å². The molecule has 2 bridgehead atoms. The molecule has 3 N–H and O–H groups in total. The van der Waals surface area contributed by atoms with Crippen LogP contribution in [0.4, 0.5) is 0 Å². The van der Waals surface area contributed by atoms with E-state index >= 15 is 0 Å². The van der Waals surface area contributed by atoms with E-state index in [4.69, 9.17) is 14.2 Å². The highest BCUT2D eigenvalue weighted by Gasteiger charge is 2.72. The Balaban J connectivity index is 1.20. The number of Topliss-reactive ketones (excluding diaryl/α,β-unsaturated/α-hetero) is 1. The molecule has 0 radical (unpaired) electrons. The molecule has 4 atom stereocenters. The summed E-state index contributed by atoms with van der Waals surface area (Å²) in [5, 5.41) is 26.0. The van der Waals surface area contributed by atoms with Crippen molar-refractivity contribution in [2.75, 3.05) is 33.4 Å². The van der Waals surface area contributed by atoms with E-state index in [-0.39, 0.29) is 42.7 Å². The molecule has 42 heavy (non-hydrogen) atoms. The summed E-state index contributed by atoms with van der Waals surface area (Å²) < 4.78 is 17.4. The van der Waals surface area contributed by atoms with E-state index in [1.807, 2.05) is 6.07 Å². The lowest BCUT2D eigenvalue weighted by Gasteiger charge is -2.62. The molecule has 228 valence electrons. The maximum atomic E-state index is 13.5. The third-order valence-electron chi connectivity index (χ3n) is 10.0. The van der Waals surface area contributed by atoms with Crippen LogP contribution in [0.5, 0.6) is 11.5 Å². The van der Waals surface area contributed by atoms with Crippen molar-refractivity contribution in [2.45, 2.75) is 88.4 Å². The maximum Gasteiger partial charge on any atom is 0.317 e. The number of piperidine rings is 1. The van der Waals surface area contributed by atoms with Crippen LogP contribution in [0.15, 0.2) is 24.0 Å². The fourth-order valence-electron chi connectivity index (χ4n) is 7.70. The van der Waals surface area contributed by atoms with Crippen LogP contribution < -0.4 is 10.1 Å². The monoisotopic (exact) mass is 582 g/mol. The fraction of sp³-hybridized carbons (Fsp3) is 0.656. The largest absolute Gasteiger partial charge is 0.504 e. The van der Waals surface area contributed by atoms with E-state index in [0.29, 0.717) is 49.8 Å². The highest BCUT2D eigenvalue weighted by molar-refractivity contribution is 5.89. The number of benzene rings is 1. The number of ether oxygens (including phenoxy) is 3. The fourth-order valence-corrected chi connectivity index (χ4v) is 7.70. The van der Waals surface area contributed by atoms with Gasteiger partial charge in [0.25, 0.3) is 0 Å². The van der Waals surface area contributed by atoms with Crippen LogP contribution in [0.3, 0.4) is 0 Å². The number of likely N-dealkylation sites (tertiary alicyclic amines) is 1. The van der Waals surface area contributed by atoms with Crippen molar-refractivity contribution in [3.05, 3.63) is 35.1 Å². The van der Waals surface area contributed by atoms with E-state index in [2.05, 4.69) is 10.2 Å². The smallest absolute Gasteiger partial charge is 0.317 e. The molecule has 10 nitrogen and oxygen atoms in total. The minimum absolute atomic E-state index is 0.0154. The molecular weight excluding hydrogens is 540 g/mol. The number of phenolic OH excluding ortho intramolecular Hbond substituents is 1. The number of aromatic hydroxyl groups is 1. The number of amides is 1. The number of phenols is 1. The first-order valence-electron chi connectivity index (χ1n) is 15.2. The number of hydrogen-bond acceptors (Lipinski definition) is 9. The zero-order valence-corrected chi connectivity index (χ0v) is 24.7.